The first kappa shape index (κ1) is 76.3. The second-order valence-corrected chi connectivity index (χ2v) is 39.0. The Kier molecular flexibility index (Phi) is 21.3. The number of esters is 7. The van der Waals surface area contributed by atoms with E-state index < -0.39 is 58.2 Å². The zero-order valence-corrected chi connectivity index (χ0v) is 64.0. The first-order valence-corrected chi connectivity index (χ1v) is 39.7. The van der Waals surface area contributed by atoms with Gasteiger partial charge in [-0.05, 0) is 321 Å². The average molecular weight is 1390 g/mol. The van der Waals surface area contributed by atoms with E-state index >= 15 is 0 Å². The van der Waals surface area contributed by atoms with Gasteiger partial charge in [0.2, 0.25) is 0 Å². The molecule has 2 N–H and O–H groups in total. The van der Waals surface area contributed by atoms with Crippen LogP contribution >= 0.6 is 0 Å². The minimum absolute atomic E-state index is 0.0185. The smallest absolute Gasteiger partial charge is 0.344 e. The Balaban J connectivity index is 0.000000125. The van der Waals surface area contributed by atoms with Crippen molar-refractivity contribution in [1.29, 1.82) is 0 Å². The SMILES string of the molecule is CCC(C)(C)C(=O)OC1(C)C2CC3CC(C2)CC1C3.CCC(C)(C)C(=O)OC1(CC)C2CC3CC(C2)CC1C3.CCC(C)(C)C(=O)OC12CC3CC(CC(O)(C3)C1)C2.CCC(C)(C)C(=O)OC12CC3CC(CC(O)(C3)C1)C2.CCC(C)(C)C(=O)OCC(=O)OC1C2CC3C(=O)OC1C3O2. The lowest BCUT2D eigenvalue weighted by atomic mass is 9.49. The van der Waals surface area contributed by atoms with E-state index in [9.17, 15) is 43.8 Å². The molecule has 16 saturated carbocycles. The first-order valence-electron chi connectivity index (χ1n) is 39.7. The van der Waals surface area contributed by atoms with E-state index in [2.05, 4.69) is 27.7 Å². The number of fused-ring (bicyclic) bond motifs is 1. The highest BCUT2D eigenvalue weighted by Gasteiger charge is 2.67. The van der Waals surface area contributed by atoms with E-state index in [1.54, 1.807) is 13.8 Å². The van der Waals surface area contributed by atoms with Crippen molar-refractivity contribution < 1.29 is 81.7 Å². The highest BCUT2D eigenvalue weighted by Crippen LogP contribution is 2.64. The van der Waals surface area contributed by atoms with E-state index in [4.69, 9.17) is 37.9 Å². The van der Waals surface area contributed by atoms with Gasteiger partial charge in [0.15, 0.2) is 18.8 Å². The largest absolute Gasteiger partial charge is 0.459 e. The molecular formula is C82H130O17. The second kappa shape index (κ2) is 27.6. The van der Waals surface area contributed by atoms with Gasteiger partial charge in [0.25, 0.3) is 0 Å². The predicted molar refractivity (Wildman–Crippen MR) is 372 cm³/mol. The number of aliphatic hydroxyl groups is 2. The minimum atomic E-state index is -0.652. The van der Waals surface area contributed by atoms with Gasteiger partial charge >= 0.3 is 41.8 Å². The maximum atomic E-state index is 12.6. The van der Waals surface area contributed by atoms with Gasteiger partial charge in [0.05, 0.1) is 50.3 Å². The summed E-state index contributed by atoms with van der Waals surface area (Å²) < 4.78 is 45.5. The molecule has 0 aromatic heterocycles. The van der Waals surface area contributed by atoms with Crippen molar-refractivity contribution in [3.8, 4) is 0 Å². The fourth-order valence-corrected chi connectivity index (χ4v) is 22.5. The molecule has 3 aliphatic heterocycles. The van der Waals surface area contributed by atoms with Crippen molar-refractivity contribution in [3.63, 3.8) is 0 Å². The normalized spacial score (nSPS) is 42.1. The molecule has 9 unspecified atom stereocenters. The molecule has 17 heteroatoms. The molecule has 19 rings (SSSR count). The van der Waals surface area contributed by atoms with Crippen LogP contribution in [0.1, 0.15) is 304 Å². The fraction of sp³-hybridized carbons (Fsp3) is 0.915. The highest BCUT2D eigenvalue weighted by molar-refractivity contribution is 5.81. The van der Waals surface area contributed by atoms with Crippen LogP contribution in [0.2, 0.25) is 0 Å². The van der Waals surface area contributed by atoms with Crippen LogP contribution in [0.15, 0.2) is 0 Å². The Morgan fingerprint density at radius 2 is 0.778 bits per heavy atom. The summed E-state index contributed by atoms with van der Waals surface area (Å²) in [6.45, 7) is 33.4. The maximum absolute atomic E-state index is 12.6. The number of hydrogen-bond acceptors (Lipinski definition) is 17. The van der Waals surface area contributed by atoms with Crippen LogP contribution in [0, 0.1) is 104 Å². The van der Waals surface area contributed by atoms with Gasteiger partial charge in [-0.15, -0.1) is 0 Å². The van der Waals surface area contributed by atoms with Gasteiger partial charge in [-0.25, -0.2) is 4.79 Å². The van der Waals surface area contributed by atoms with E-state index in [1.165, 1.54) is 77.0 Å². The number of rotatable bonds is 18. The van der Waals surface area contributed by atoms with Crippen molar-refractivity contribution in [1.82, 2.24) is 0 Å². The number of hydrogen-bond donors (Lipinski definition) is 2. The summed E-state index contributed by atoms with van der Waals surface area (Å²) in [7, 11) is 0. The summed E-state index contributed by atoms with van der Waals surface area (Å²) in [4.78, 5) is 85.1. The van der Waals surface area contributed by atoms with Crippen molar-refractivity contribution in [3.05, 3.63) is 0 Å². The van der Waals surface area contributed by atoms with Crippen molar-refractivity contribution in [2.75, 3.05) is 6.61 Å². The third kappa shape index (κ3) is 15.2. The lowest BCUT2D eigenvalue weighted by Gasteiger charge is -2.60. The lowest BCUT2D eigenvalue weighted by Crippen LogP contribution is -2.61. The standard InChI is InChI=1S/C18H30O2.C17H28O2.2C16H26O3.C15H20O7/c1-5-17(3,4)16(19)20-18(6-2)14-8-12-7-13(10-14)11-15(18)9-12;1-5-16(2,3)15(18)19-17(4)13-7-11-6-12(9-13)10-14(17)8-11;2*1-4-14(2,3)13(17)19-16-8-11-5-12(9-16)7-15(18,6-11)10-16;1-4-15(2,3)14(18)19-6-9(16)21-11-8-5-7-10(20-8)12(11)22-13(7)17/h12-15H,5-11H2,1-4H3;11-14H,5-10H2,1-4H3;2*11-12,18H,4-10H2,1-3H3;7-8,10-12H,4-6H2,1-3H3. The molecule has 18 bridgehead atoms. The van der Waals surface area contributed by atoms with Crippen LogP contribution in [-0.4, -0.2) is 117 Å². The average Bonchev–Trinajstić information content (AvgIpc) is 1.64. The zero-order chi connectivity index (χ0) is 72.2. The number of carbonyl (C=O) groups is 7. The zero-order valence-electron chi connectivity index (χ0n) is 64.0. The van der Waals surface area contributed by atoms with Crippen LogP contribution in [0.5, 0.6) is 0 Å². The van der Waals surface area contributed by atoms with Crippen molar-refractivity contribution >= 4 is 41.8 Å². The summed E-state index contributed by atoms with van der Waals surface area (Å²) in [5.41, 5.74) is -4.25. The first-order chi connectivity index (χ1) is 46.1. The molecule has 560 valence electrons. The number of ether oxygens (including phenoxy) is 8. The molecule has 0 amide bonds. The van der Waals surface area contributed by atoms with Crippen LogP contribution in [0.3, 0.4) is 0 Å². The van der Waals surface area contributed by atoms with E-state index in [0.29, 0.717) is 73.0 Å². The Labute approximate surface area is 593 Å². The minimum Gasteiger partial charge on any atom is -0.459 e. The van der Waals surface area contributed by atoms with Gasteiger partial charge in [-0.1, -0.05) is 41.5 Å². The molecule has 0 aromatic rings. The van der Waals surface area contributed by atoms with E-state index in [1.807, 2.05) is 76.2 Å². The second-order valence-electron chi connectivity index (χ2n) is 39.0. The van der Waals surface area contributed by atoms with Crippen LogP contribution in [0.25, 0.3) is 0 Å². The third-order valence-electron chi connectivity index (χ3n) is 29.6. The molecule has 19 fully saturated rings. The summed E-state index contributed by atoms with van der Waals surface area (Å²) >= 11 is 0. The molecule has 0 radical (unpaired) electrons. The summed E-state index contributed by atoms with van der Waals surface area (Å²) in [6.07, 6.45) is 28.3. The summed E-state index contributed by atoms with van der Waals surface area (Å²) in [5, 5.41) is 21.3. The Bertz CT molecular complexity index is 2840. The highest BCUT2D eigenvalue weighted by atomic mass is 16.7. The Hall–Kier alpha value is -3.83. The van der Waals surface area contributed by atoms with Gasteiger partial charge in [0, 0.05) is 12.8 Å². The topological polar surface area (TPSA) is 234 Å². The molecule has 17 nitrogen and oxygen atoms in total. The summed E-state index contributed by atoms with van der Waals surface area (Å²) in [6, 6.07) is 0. The monoisotopic (exact) mass is 1390 g/mol. The molecule has 3 saturated heterocycles. The molecule has 99 heavy (non-hydrogen) atoms. The van der Waals surface area contributed by atoms with Crippen molar-refractivity contribution in [2.24, 2.45) is 104 Å². The van der Waals surface area contributed by atoms with Gasteiger partial charge in [0.1, 0.15) is 28.5 Å². The molecular weight excluding hydrogens is 1260 g/mol. The van der Waals surface area contributed by atoms with Crippen LogP contribution < -0.4 is 0 Å². The van der Waals surface area contributed by atoms with Crippen LogP contribution in [-0.2, 0) is 71.5 Å². The summed E-state index contributed by atoms with van der Waals surface area (Å²) in [5.74, 6) is 6.75. The maximum Gasteiger partial charge on any atom is 0.344 e. The van der Waals surface area contributed by atoms with Crippen molar-refractivity contribution in [2.45, 2.75) is 362 Å². The number of carbonyl (C=O) groups excluding carboxylic acids is 7. The lowest BCUT2D eigenvalue weighted by molar-refractivity contribution is -0.226. The molecule has 9 atom stereocenters. The quantitative estimate of drug-likeness (QED) is 0.0959. The predicted octanol–water partition coefficient (Wildman–Crippen LogP) is 15.4. The molecule has 19 aliphatic rings. The molecule has 16 aliphatic carbocycles. The molecule has 0 aromatic carbocycles. The fourth-order valence-electron chi connectivity index (χ4n) is 22.5. The molecule has 0 spiro atoms. The molecule has 3 heterocycles. The van der Waals surface area contributed by atoms with Crippen LogP contribution in [0.4, 0.5) is 0 Å². The van der Waals surface area contributed by atoms with Gasteiger partial charge < -0.3 is 48.1 Å². The Morgan fingerprint density at radius 3 is 1.14 bits per heavy atom. The van der Waals surface area contributed by atoms with E-state index in [-0.39, 0.29) is 81.2 Å². The van der Waals surface area contributed by atoms with Gasteiger partial charge in [-0.3, -0.25) is 28.8 Å². The van der Waals surface area contributed by atoms with E-state index in [0.717, 1.165) is 107 Å². The van der Waals surface area contributed by atoms with Gasteiger partial charge in [-0.2, -0.15) is 0 Å². The Morgan fingerprint density at radius 1 is 0.434 bits per heavy atom. The third-order valence-corrected chi connectivity index (χ3v) is 29.6.